The Morgan fingerprint density at radius 1 is 1.19 bits per heavy atom. The third kappa shape index (κ3) is 3.81. The Hall–Kier alpha value is -1.44. The van der Waals surface area contributed by atoms with Crippen LogP contribution in [-0.4, -0.2) is 50.2 Å². The van der Waals surface area contributed by atoms with E-state index in [1.165, 1.54) is 4.31 Å². The van der Waals surface area contributed by atoms with E-state index in [0.717, 1.165) is 5.56 Å². The number of benzene rings is 1. The highest BCUT2D eigenvalue weighted by atomic mass is 32.2. The van der Waals surface area contributed by atoms with Gasteiger partial charge < -0.3 is 10.6 Å². The first-order valence-electron chi connectivity index (χ1n) is 6.92. The number of nitrogens with two attached hydrogens (primary N) is 1. The summed E-state index contributed by atoms with van der Waals surface area (Å²) in [5.41, 5.74) is 7.16. The molecule has 1 aliphatic rings. The summed E-state index contributed by atoms with van der Waals surface area (Å²) in [5.74, 6) is -0.277. The number of rotatable bonds is 4. The molecule has 0 aromatic heterocycles. The Morgan fingerprint density at radius 3 is 2.52 bits per heavy atom. The molecule has 0 aliphatic carbocycles. The topological polar surface area (TPSA) is 83.7 Å². The molecule has 1 heterocycles. The van der Waals surface area contributed by atoms with Crippen LogP contribution in [0.1, 0.15) is 17.5 Å². The minimum atomic E-state index is -3.52. The fourth-order valence-corrected chi connectivity index (χ4v) is 3.95. The van der Waals surface area contributed by atoms with E-state index >= 15 is 0 Å². The third-order valence-electron chi connectivity index (χ3n) is 3.71. The normalized spacial score (nSPS) is 17.8. The first kappa shape index (κ1) is 15.9. The van der Waals surface area contributed by atoms with Crippen LogP contribution in [0, 0.1) is 0 Å². The van der Waals surface area contributed by atoms with Gasteiger partial charge in [0.1, 0.15) is 0 Å². The Balaban J connectivity index is 2.19. The minimum Gasteiger partial charge on any atom is -0.345 e. The Morgan fingerprint density at radius 2 is 1.86 bits per heavy atom. The van der Waals surface area contributed by atoms with Crippen molar-refractivity contribution in [3.63, 3.8) is 0 Å². The summed E-state index contributed by atoms with van der Waals surface area (Å²) in [7, 11) is -1.82. The largest absolute Gasteiger partial charge is 0.345 e. The second-order valence-electron chi connectivity index (χ2n) is 5.23. The molecule has 1 fully saturated rings. The molecule has 1 aromatic carbocycles. The summed E-state index contributed by atoms with van der Waals surface area (Å²) < 4.78 is 26.4. The standard InChI is InChI=1S/C14H21N3O3S/c1-16-7-4-8-17(10-14(16)18)21(19,20)11-13-6-3-2-5-12(13)9-15/h2-3,5-6H,4,7-11,15H2,1H3. The van der Waals surface area contributed by atoms with Crippen molar-refractivity contribution in [3.8, 4) is 0 Å². The van der Waals surface area contributed by atoms with E-state index in [-0.39, 0.29) is 18.2 Å². The fraction of sp³-hybridized carbons (Fsp3) is 0.500. The Kier molecular flexibility index (Phi) is 4.97. The highest BCUT2D eigenvalue weighted by molar-refractivity contribution is 7.88. The van der Waals surface area contributed by atoms with Gasteiger partial charge in [0, 0.05) is 26.7 Å². The maximum Gasteiger partial charge on any atom is 0.237 e. The molecular weight excluding hydrogens is 290 g/mol. The summed E-state index contributed by atoms with van der Waals surface area (Å²) in [6, 6.07) is 7.23. The van der Waals surface area contributed by atoms with Gasteiger partial charge in [-0.25, -0.2) is 8.42 Å². The monoisotopic (exact) mass is 311 g/mol. The van der Waals surface area contributed by atoms with Crippen LogP contribution in [0.4, 0.5) is 0 Å². The predicted molar refractivity (Wildman–Crippen MR) is 80.8 cm³/mol. The molecule has 1 saturated heterocycles. The van der Waals surface area contributed by atoms with Gasteiger partial charge in [-0.15, -0.1) is 0 Å². The average molecular weight is 311 g/mol. The predicted octanol–water partition coefficient (Wildman–Crippen LogP) is 0.139. The summed E-state index contributed by atoms with van der Waals surface area (Å²) in [6.07, 6.45) is 0.653. The van der Waals surface area contributed by atoms with E-state index in [1.54, 1.807) is 24.1 Å². The van der Waals surface area contributed by atoms with Crippen molar-refractivity contribution in [1.29, 1.82) is 0 Å². The van der Waals surface area contributed by atoms with Gasteiger partial charge in [0.25, 0.3) is 0 Å². The van der Waals surface area contributed by atoms with Crippen molar-refractivity contribution in [3.05, 3.63) is 35.4 Å². The van der Waals surface area contributed by atoms with Gasteiger partial charge in [-0.3, -0.25) is 4.79 Å². The van der Waals surface area contributed by atoms with Crippen molar-refractivity contribution in [2.24, 2.45) is 5.73 Å². The second kappa shape index (κ2) is 6.55. The van der Waals surface area contributed by atoms with Crippen molar-refractivity contribution < 1.29 is 13.2 Å². The van der Waals surface area contributed by atoms with Gasteiger partial charge in [0.05, 0.1) is 12.3 Å². The molecule has 0 saturated carbocycles. The number of carbonyl (C=O) groups excluding carboxylic acids is 1. The molecule has 0 radical (unpaired) electrons. The molecule has 7 heteroatoms. The highest BCUT2D eigenvalue weighted by Gasteiger charge is 2.28. The van der Waals surface area contributed by atoms with E-state index in [4.69, 9.17) is 5.73 Å². The number of hydrogen-bond donors (Lipinski definition) is 1. The van der Waals surface area contributed by atoms with Crippen molar-refractivity contribution >= 4 is 15.9 Å². The van der Waals surface area contributed by atoms with Crippen LogP contribution in [0.3, 0.4) is 0 Å². The van der Waals surface area contributed by atoms with Crippen LogP contribution in [0.25, 0.3) is 0 Å². The number of likely N-dealkylation sites (N-methyl/N-ethyl adjacent to an activating group) is 1. The van der Waals surface area contributed by atoms with Crippen LogP contribution < -0.4 is 5.73 Å². The van der Waals surface area contributed by atoms with Gasteiger partial charge in [-0.05, 0) is 17.5 Å². The smallest absolute Gasteiger partial charge is 0.237 e. The first-order chi connectivity index (χ1) is 9.94. The second-order valence-corrected chi connectivity index (χ2v) is 7.20. The number of amides is 1. The number of hydrogen-bond acceptors (Lipinski definition) is 4. The van der Waals surface area contributed by atoms with Gasteiger partial charge in [0.2, 0.25) is 15.9 Å². The summed E-state index contributed by atoms with van der Waals surface area (Å²) in [4.78, 5) is 13.4. The molecule has 21 heavy (non-hydrogen) atoms. The average Bonchev–Trinajstić information content (AvgIpc) is 2.62. The molecule has 116 valence electrons. The highest BCUT2D eigenvalue weighted by Crippen LogP contribution is 2.17. The molecule has 2 N–H and O–H groups in total. The lowest BCUT2D eigenvalue weighted by molar-refractivity contribution is -0.129. The van der Waals surface area contributed by atoms with E-state index in [1.807, 2.05) is 12.1 Å². The van der Waals surface area contributed by atoms with E-state index in [2.05, 4.69) is 0 Å². The molecule has 0 unspecified atom stereocenters. The third-order valence-corrected chi connectivity index (χ3v) is 5.48. The first-order valence-corrected chi connectivity index (χ1v) is 8.53. The van der Waals surface area contributed by atoms with Gasteiger partial charge >= 0.3 is 0 Å². The van der Waals surface area contributed by atoms with Crippen molar-refractivity contribution in [2.45, 2.75) is 18.7 Å². The number of sulfonamides is 1. The number of carbonyl (C=O) groups is 1. The molecule has 1 aromatic rings. The maximum absolute atomic E-state index is 12.5. The maximum atomic E-state index is 12.5. The van der Waals surface area contributed by atoms with Gasteiger partial charge in [-0.2, -0.15) is 4.31 Å². The molecule has 2 rings (SSSR count). The summed E-state index contributed by atoms with van der Waals surface area (Å²) >= 11 is 0. The van der Waals surface area contributed by atoms with E-state index in [9.17, 15) is 13.2 Å². The van der Waals surface area contributed by atoms with Crippen LogP contribution in [0.15, 0.2) is 24.3 Å². The zero-order chi connectivity index (χ0) is 15.5. The fourth-order valence-electron chi connectivity index (χ4n) is 2.38. The molecule has 6 nitrogen and oxygen atoms in total. The molecular formula is C14H21N3O3S. The lowest BCUT2D eigenvalue weighted by Gasteiger charge is -2.20. The van der Waals surface area contributed by atoms with Crippen LogP contribution >= 0.6 is 0 Å². The molecule has 1 amide bonds. The molecule has 0 bridgehead atoms. The van der Waals surface area contributed by atoms with Crippen LogP contribution in [-0.2, 0) is 27.1 Å². The SMILES string of the molecule is CN1CCCN(S(=O)(=O)Cc2ccccc2CN)CC1=O. The van der Waals surface area contributed by atoms with Crippen LogP contribution in [0.5, 0.6) is 0 Å². The summed E-state index contributed by atoms with van der Waals surface area (Å²) in [5, 5.41) is 0. The zero-order valence-corrected chi connectivity index (χ0v) is 13.0. The minimum absolute atomic E-state index is 0.0797. The summed E-state index contributed by atoms with van der Waals surface area (Å²) in [6.45, 7) is 1.18. The van der Waals surface area contributed by atoms with E-state index in [0.29, 0.717) is 31.6 Å². The molecule has 0 spiro atoms. The molecule has 1 aliphatic heterocycles. The van der Waals surface area contributed by atoms with Gasteiger partial charge in [-0.1, -0.05) is 24.3 Å². The molecule has 0 atom stereocenters. The quantitative estimate of drug-likeness (QED) is 0.857. The Labute approximate surface area is 125 Å². The van der Waals surface area contributed by atoms with Crippen LogP contribution in [0.2, 0.25) is 0 Å². The number of nitrogens with zero attached hydrogens (tertiary/aromatic N) is 2. The Bertz CT molecular complexity index is 616. The van der Waals surface area contributed by atoms with Crippen molar-refractivity contribution in [1.82, 2.24) is 9.21 Å². The lowest BCUT2D eigenvalue weighted by atomic mass is 10.1. The zero-order valence-electron chi connectivity index (χ0n) is 12.2. The van der Waals surface area contributed by atoms with Crippen molar-refractivity contribution in [2.75, 3.05) is 26.7 Å². The van der Waals surface area contributed by atoms with E-state index < -0.39 is 10.0 Å². The van der Waals surface area contributed by atoms with Gasteiger partial charge in [0.15, 0.2) is 0 Å². The lowest BCUT2D eigenvalue weighted by Crippen LogP contribution is -2.38.